The van der Waals surface area contributed by atoms with E-state index in [0.717, 1.165) is 0 Å². The third kappa shape index (κ3) is 2.85. The van der Waals surface area contributed by atoms with Crippen LogP contribution in [0, 0.1) is 0 Å². The number of nitrogens with one attached hydrogen (secondary N) is 2. The number of hydrogen-bond donors (Lipinski definition) is 2. The van der Waals surface area contributed by atoms with E-state index in [4.69, 9.17) is 4.74 Å². The topological polar surface area (TPSA) is 84.1 Å². The first kappa shape index (κ1) is 14.2. The number of aromatic nitrogens is 2. The van der Waals surface area contributed by atoms with E-state index in [0.29, 0.717) is 17.3 Å². The van der Waals surface area contributed by atoms with Crippen molar-refractivity contribution in [2.24, 2.45) is 0 Å². The molecule has 1 aromatic heterocycles. The zero-order chi connectivity index (χ0) is 14.8. The number of amides is 1. The fraction of sp³-hybridized carbons (Fsp3) is 0.357. The summed E-state index contributed by atoms with van der Waals surface area (Å²) in [5.74, 6) is -0.345. The molecule has 0 aliphatic rings. The number of fused-ring (bicyclic) bond motifs is 1. The first-order valence-corrected chi connectivity index (χ1v) is 6.25. The highest BCUT2D eigenvalue weighted by molar-refractivity contribution is 6.04. The summed E-state index contributed by atoms with van der Waals surface area (Å²) in [6, 6.07) is 6.87. The van der Waals surface area contributed by atoms with Crippen LogP contribution in [0.3, 0.4) is 0 Å². The van der Waals surface area contributed by atoms with E-state index in [2.05, 4.69) is 15.5 Å². The third-order valence-corrected chi connectivity index (χ3v) is 3.14. The first-order chi connectivity index (χ1) is 9.44. The second-order valence-electron chi connectivity index (χ2n) is 5.09. The summed E-state index contributed by atoms with van der Waals surface area (Å²) in [6.45, 7) is 4.08. The molecule has 0 fully saturated rings. The average molecular weight is 275 g/mol. The average Bonchev–Trinajstić information content (AvgIpc) is 2.46. The van der Waals surface area contributed by atoms with Crippen molar-refractivity contribution in [2.45, 2.75) is 19.4 Å². The highest BCUT2D eigenvalue weighted by Crippen LogP contribution is 2.12. The Morgan fingerprint density at radius 1 is 1.35 bits per heavy atom. The minimum Gasteiger partial charge on any atom is -0.377 e. The third-order valence-electron chi connectivity index (χ3n) is 3.14. The number of carbonyl (C=O) groups is 1. The van der Waals surface area contributed by atoms with Gasteiger partial charge in [-0.15, -0.1) is 0 Å². The second-order valence-corrected chi connectivity index (χ2v) is 5.09. The summed E-state index contributed by atoms with van der Waals surface area (Å²) in [5.41, 5.74) is -0.574. The molecule has 6 nitrogen and oxygen atoms in total. The maximum absolute atomic E-state index is 12.2. The summed E-state index contributed by atoms with van der Waals surface area (Å²) in [4.78, 5) is 23.8. The molecule has 6 heteroatoms. The molecular weight excluding hydrogens is 258 g/mol. The molecule has 2 N–H and O–H groups in total. The molecule has 106 valence electrons. The van der Waals surface area contributed by atoms with E-state index < -0.39 is 5.60 Å². The van der Waals surface area contributed by atoms with Gasteiger partial charge >= 0.3 is 0 Å². The van der Waals surface area contributed by atoms with Crippen LogP contribution in [0.1, 0.15) is 24.3 Å². The second kappa shape index (κ2) is 5.42. The molecule has 0 atom stereocenters. The van der Waals surface area contributed by atoms with E-state index in [1.165, 1.54) is 0 Å². The van der Waals surface area contributed by atoms with Crippen molar-refractivity contribution in [1.82, 2.24) is 15.5 Å². The molecule has 0 saturated carbocycles. The number of benzene rings is 1. The largest absolute Gasteiger partial charge is 0.377 e. The van der Waals surface area contributed by atoms with Crippen LogP contribution < -0.4 is 10.9 Å². The van der Waals surface area contributed by atoms with Gasteiger partial charge < -0.3 is 10.1 Å². The van der Waals surface area contributed by atoms with Crippen LogP contribution in [0.25, 0.3) is 10.8 Å². The Kier molecular flexibility index (Phi) is 3.85. The molecule has 2 rings (SSSR count). The maximum Gasteiger partial charge on any atom is 0.272 e. The lowest BCUT2D eigenvalue weighted by atomic mass is 10.1. The van der Waals surface area contributed by atoms with E-state index in [9.17, 15) is 9.59 Å². The fourth-order valence-electron chi connectivity index (χ4n) is 1.74. The molecule has 0 radical (unpaired) electrons. The molecule has 0 spiro atoms. The number of hydrogen-bond acceptors (Lipinski definition) is 4. The maximum atomic E-state index is 12.2. The minimum atomic E-state index is -0.465. The van der Waals surface area contributed by atoms with Crippen LogP contribution in [0.4, 0.5) is 0 Å². The Morgan fingerprint density at radius 2 is 2.00 bits per heavy atom. The molecule has 0 bridgehead atoms. The number of ether oxygens (including phenoxy) is 1. The predicted octanol–water partition coefficient (Wildman–Crippen LogP) is 1.08. The smallest absolute Gasteiger partial charge is 0.272 e. The lowest BCUT2D eigenvalue weighted by molar-refractivity contribution is 0.0228. The van der Waals surface area contributed by atoms with Crippen molar-refractivity contribution in [3.63, 3.8) is 0 Å². The van der Waals surface area contributed by atoms with Crippen LogP contribution in [0.5, 0.6) is 0 Å². The Labute approximate surface area is 116 Å². The summed E-state index contributed by atoms with van der Waals surface area (Å²) in [6.07, 6.45) is 0. The van der Waals surface area contributed by atoms with Gasteiger partial charge in [0.2, 0.25) is 0 Å². The number of carbonyl (C=O) groups excluding carboxylic acids is 1. The number of H-pyrrole nitrogens is 1. The number of aromatic amines is 1. The van der Waals surface area contributed by atoms with Gasteiger partial charge in [-0.05, 0) is 19.9 Å². The van der Waals surface area contributed by atoms with Gasteiger partial charge in [0.15, 0.2) is 5.69 Å². The van der Waals surface area contributed by atoms with Gasteiger partial charge in [-0.2, -0.15) is 5.10 Å². The van der Waals surface area contributed by atoms with Crippen LogP contribution >= 0.6 is 0 Å². The van der Waals surface area contributed by atoms with Crippen molar-refractivity contribution < 1.29 is 9.53 Å². The minimum absolute atomic E-state index is 0.201. The molecule has 2 aromatic rings. The normalized spacial score (nSPS) is 11.6. The monoisotopic (exact) mass is 275 g/mol. The van der Waals surface area contributed by atoms with E-state index in [1.807, 2.05) is 13.8 Å². The molecule has 0 aliphatic carbocycles. The standard InChI is InChI=1S/C14H17N3O3/c1-14(2,20-3)8-15-13(19)11-9-6-4-5-7-10(9)12(18)17-16-11/h4-7H,8H2,1-3H3,(H,15,19)(H,17,18). The molecule has 20 heavy (non-hydrogen) atoms. The van der Waals surface area contributed by atoms with Crippen molar-refractivity contribution in [2.75, 3.05) is 13.7 Å². The fourth-order valence-corrected chi connectivity index (χ4v) is 1.74. The van der Waals surface area contributed by atoms with Crippen molar-refractivity contribution >= 4 is 16.7 Å². The molecular formula is C14H17N3O3. The van der Waals surface area contributed by atoms with Crippen molar-refractivity contribution in [3.8, 4) is 0 Å². The van der Waals surface area contributed by atoms with Gasteiger partial charge in [0.25, 0.3) is 11.5 Å². The summed E-state index contributed by atoms with van der Waals surface area (Å²) in [5, 5.41) is 9.91. The number of rotatable bonds is 4. The summed E-state index contributed by atoms with van der Waals surface area (Å²) in [7, 11) is 1.58. The highest BCUT2D eigenvalue weighted by Gasteiger charge is 2.20. The molecule has 0 saturated heterocycles. The molecule has 1 aromatic carbocycles. The van der Waals surface area contributed by atoms with Crippen molar-refractivity contribution in [3.05, 3.63) is 40.3 Å². The molecule has 0 unspecified atom stereocenters. The zero-order valence-corrected chi connectivity index (χ0v) is 11.7. The first-order valence-electron chi connectivity index (χ1n) is 6.25. The highest BCUT2D eigenvalue weighted by atomic mass is 16.5. The van der Waals surface area contributed by atoms with E-state index in [-0.39, 0.29) is 17.2 Å². The van der Waals surface area contributed by atoms with Gasteiger partial charge in [0.1, 0.15) is 0 Å². The summed E-state index contributed by atoms with van der Waals surface area (Å²) >= 11 is 0. The SMILES string of the molecule is COC(C)(C)CNC(=O)c1n[nH]c(=O)c2ccccc12. The Hall–Kier alpha value is -2.21. The van der Waals surface area contributed by atoms with Gasteiger partial charge in [-0.1, -0.05) is 18.2 Å². The predicted molar refractivity (Wildman–Crippen MR) is 75.8 cm³/mol. The van der Waals surface area contributed by atoms with Gasteiger partial charge in [-0.3, -0.25) is 9.59 Å². The number of nitrogens with zero attached hydrogens (tertiary/aromatic N) is 1. The Balaban J connectivity index is 2.32. The molecule has 0 aliphatic heterocycles. The van der Waals surface area contributed by atoms with Gasteiger partial charge in [-0.25, -0.2) is 5.10 Å². The van der Waals surface area contributed by atoms with E-state index in [1.54, 1.807) is 31.4 Å². The van der Waals surface area contributed by atoms with Gasteiger partial charge in [0.05, 0.1) is 11.0 Å². The Morgan fingerprint density at radius 3 is 2.65 bits per heavy atom. The molecule has 1 amide bonds. The quantitative estimate of drug-likeness (QED) is 0.874. The summed E-state index contributed by atoms with van der Waals surface area (Å²) < 4.78 is 5.24. The lowest BCUT2D eigenvalue weighted by Gasteiger charge is -2.23. The van der Waals surface area contributed by atoms with Crippen LogP contribution in [-0.4, -0.2) is 35.4 Å². The lowest BCUT2D eigenvalue weighted by Crippen LogP contribution is -2.40. The van der Waals surface area contributed by atoms with Crippen LogP contribution in [0.2, 0.25) is 0 Å². The molecule has 1 heterocycles. The van der Waals surface area contributed by atoms with Crippen molar-refractivity contribution in [1.29, 1.82) is 0 Å². The number of methoxy groups -OCH3 is 1. The van der Waals surface area contributed by atoms with Crippen LogP contribution in [0.15, 0.2) is 29.1 Å². The Bertz CT molecular complexity index is 691. The zero-order valence-electron chi connectivity index (χ0n) is 11.7. The van der Waals surface area contributed by atoms with E-state index >= 15 is 0 Å². The van der Waals surface area contributed by atoms with Gasteiger partial charge in [0, 0.05) is 19.0 Å². The van der Waals surface area contributed by atoms with Crippen LogP contribution in [-0.2, 0) is 4.74 Å².